The van der Waals surface area contributed by atoms with Crippen molar-refractivity contribution in [3.05, 3.63) is 29.0 Å². The summed E-state index contributed by atoms with van der Waals surface area (Å²) in [4.78, 5) is 17.9. The molecule has 0 spiro atoms. The Balaban J connectivity index is 2.91. The molecule has 1 amide bonds. The number of hydrogen-bond donors (Lipinski definition) is 0. The quantitative estimate of drug-likeness (QED) is 0.812. The van der Waals surface area contributed by atoms with E-state index >= 15 is 0 Å². The van der Waals surface area contributed by atoms with Crippen molar-refractivity contribution < 1.29 is 4.79 Å². The van der Waals surface area contributed by atoms with Crippen LogP contribution in [0.15, 0.2) is 18.3 Å². The smallest absolute Gasteiger partial charge is 0.272 e. The topological polar surface area (TPSA) is 33.2 Å². The number of carbonyl (C=O) groups is 1. The second-order valence-corrected chi connectivity index (χ2v) is 5.75. The van der Waals surface area contributed by atoms with Gasteiger partial charge in [-0.25, -0.2) is 0 Å². The minimum absolute atomic E-state index is 0.0307. The van der Waals surface area contributed by atoms with Gasteiger partial charge in [0.05, 0.1) is 0 Å². The van der Waals surface area contributed by atoms with Crippen LogP contribution in [0.4, 0.5) is 0 Å². The first-order chi connectivity index (χ1) is 7.73. The van der Waals surface area contributed by atoms with Crippen molar-refractivity contribution >= 4 is 17.5 Å². The highest BCUT2D eigenvalue weighted by Gasteiger charge is 2.28. The van der Waals surface area contributed by atoms with Gasteiger partial charge in [0.2, 0.25) is 0 Å². The average molecular weight is 255 g/mol. The third-order valence-electron chi connectivity index (χ3n) is 3.10. The van der Waals surface area contributed by atoms with Crippen molar-refractivity contribution in [2.24, 2.45) is 5.41 Å². The Kier molecular flexibility index (Phi) is 4.15. The molecule has 0 N–H and O–H groups in total. The van der Waals surface area contributed by atoms with Gasteiger partial charge in [0, 0.05) is 24.3 Å². The third-order valence-corrected chi connectivity index (χ3v) is 3.33. The number of hydrogen-bond acceptors (Lipinski definition) is 2. The lowest BCUT2D eigenvalue weighted by atomic mass is 9.87. The zero-order chi connectivity index (χ0) is 13.2. The molecule has 1 aromatic rings. The lowest BCUT2D eigenvalue weighted by Gasteiger charge is -2.35. The molecule has 1 aromatic heterocycles. The van der Waals surface area contributed by atoms with E-state index in [9.17, 15) is 4.79 Å². The molecular weight excluding hydrogens is 236 g/mol. The number of aromatic nitrogens is 1. The summed E-state index contributed by atoms with van der Waals surface area (Å²) in [5.41, 5.74) is 0.416. The van der Waals surface area contributed by atoms with Gasteiger partial charge in [0.25, 0.3) is 5.91 Å². The highest BCUT2D eigenvalue weighted by atomic mass is 35.5. The van der Waals surface area contributed by atoms with Crippen molar-refractivity contribution in [2.75, 3.05) is 7.05 Å². The van der Waals surface area contributed by atoms with Crippen LogP contribution in [-0.4, -0.2) is 28.9 Å². The summed E-state index contributed by atoms with van der Waals surface area (Å²) in [6.07, 6.45) is 1.55. The summed E-state index contributed by atoms with van der Waals surface area (Å²) >= 11 is 5.85. The summed E-state index contributed by atoms with van der Waals surface area (Å²) in [6, 6.07) is 3.37. The van der Waals surface area contributed by atoms with E-state index in [1.807, 2.05) is 6.92 Å². The first-order valence-electron chi connectivity index (χ1n) is 5.62. The van der Waals surface area contributed by atoms with Crippen molar-refractivity contribution in [1.82, 2.24) is 9.88 Å². The minimum atomic E-state index is -0.102. The van der Waals surface area contributed by atoms with E-state index in [4.69, 9.17) is 11.6 Å². The molecular formula is C13H19ClN2O. The Bertz CT molecular complexity index is 412. The van der Waals surface area contributed by atoms with E-state index in [1.165, 1.54) is 0 Å². The predicted octanol–water partition coefficient (Wildman–Crippen LogP) is 3.24. The Morgan fingerprint density at radius 3 is 2.53 bits per heavy atom. The van der Waals surface area contributed by atoms with Crippen LogP contribution in [0.5, 0.6) is 0 Å². The van der Waals surface area contributed by atoms with Crippen LogP contribution in [0.1, 0.15) is 38.2 Å². The van der Waals surface area contributed by atoms with Crippen LogP contribution in [0.3, 0.4) is 0 Å². The number of carbonyl (C=O) groups excluding carboxylic acids is 1. The van der Waals surface area contributed by atoms with E-state index in [2.05, 4.69) is 25.8 Å². The molecule has 0 aliphatic carbocycles. The second-order valence-electron chi connectivity index (χ2n) is 5.32. The first-order valence-corrected chi connectivity index (χ1v) is 6.00. The fourth-order valence-electron chi connectivity index (χ4n) is 1.46. The summed E-state index contributed by atoms with van der Waals surface area (Å²) in [5.74, 6) is -0.102. The van der Waals surface area contributed by atoms with Gasteiger partial charge in [-0.05, 0) is 24.5 Å². The van der Waals surface area contributed by atoms with E-state index in [1.54, 1.807) is 30.3 Å². The Morgan fingerprint density at radius 1 is 1.47 bits per heavy atom. The minimum Gasteiger partial charge on any atom is -0.337 e. The summed E-state index contributed by atoms with van der Waals surface area (Å²) in [6.45, 7) is 8.34. The van der Waals surface area contributed by atoms with Crippen LogP contribution >= 0.6 is 11.6 Å². The number of nitrogens with zero attached hydrogens (tertiary/aromatic N) is 2. The largest absolute Gasteiger partial charge is 0.337 e. The Labute approximate surface area is 108 Å². The standard InChI is InChI=1S/C13H19ClN2O/c1-9(13(2,3)4)16(5)12(17)11-8-10(14)6-7-15-11/h6-9H,1-5H3. The maximum atomic E-state index is 12.2. The molecule has 0 radical (unpaired) electrons. The van der Waals surface area contributed by atoms with Crippen molar-refractivity contribution in [3.8, 4) is 0 Å². The molecule has 1 unspecified atom stereocenters. The van der Waals surface area contributed by atoms with Gasteiger partial charge in [-0.15, -0.1) is 0 Å². The molecule has 1 atom stereocenters. The summed E-state index contributed by atoms with van der Waals surface area (Å²) < 4.78 is 0. The lowest BCUT2D eigenvalue weighted by molar-refractivity contribution is 0.0623. The molecule has 0 aromatic carbocycles. The zero-order valence-electron chi connectivity index (χ0n) is 11.0. The van der Waals surface area contributed by atoms with Gasteiger partial charge in [-0.1, -0.05) is 32.4 Å². The monoisotopic (exact) mass is 254 g/mol. The lowest BCUT2D eigenvalue weighted by Crippen LogP contribution is -2.43. The zero-order valence-corrected chi connectivity index (χ0v) is 11.7. The van der Waals surface area contributed by atoms with Gasteiger partial charge < -0.3 is 4.90 Å². The first kappa shape index (κ1) is 14.0. The van der Waals surface area contributed by atoms with Gasteiger partial charge >= 0.3 is 0 Å². The van der Waals surface area contributed by atoms with Crippen LogP contribution in [-0.2, 0) is 0 Å². The Hall–Kier alpha value is -1.09. The number of halogens is 1. The molecule has 94 valence electrons. The third kappa shape index (κ3) is 3.43. The molecule has 0 aliphatic heterocycles. The van der Waals surface area contributed by atoms with E-state index in [0.717, 1.165) is 0 Å². The van der Waals surface area contributed by atoms with E-state index in [-0.39, 0.29) is 17.4 Å². The van der Waals surface area contributed by atoms with Crippen molar-refractivity contribution in [2.45, 2.75) is 33.7 Å². The van der Waals surface area contributed by atoms with Gasteiger partial charge in [0.1, 0.15) is 5.69 Å². The predicted molar refractivity (Wildman–Crippen MR) is 70.3 cm³/mol. The van der Waals surface area contributed by atoms with Crippen LogP contribution in [0, 0.1) is 5.41 Å². The van der Waals surface area contributed by atoms with Crippen molar-refractivity contribution in [1.29, 1.82) is 0 Å². The maximum Gasteiger partial charge on any atom is 0.272 e. The fourth-order valence-corrected chi connectivity index (χ4v) is 1.62. The molecule has 17 heavy (non-hydrogen) atoms. The number of pyridine rings is 1. The normalized spacial score (nSPS) is 13.3. The average Bonchev–Trinajstić information content (AvgIpc) is 2.25. The molecule has 0 fully saturated rings. The van der Waals surface area contributed by atoms with Crippen LogP contribution in [0.2, 0.25) is 5.02 Å². The molecule has 0 saturated carbocycles. The molecule has 1 rings (SSSR count). The van der Waals surface area contributed by atoms with Crippen molar-refractivity contribution in [3.63, 3.8) is 0 Å². The maximum absolute atomic E-state index is 12.2. The van der Waals surface area contributed by atoms with Crippen LogP contribution in [0.25, 0.3) is 0 Å². The van der Waals surface area contributed by atoms with Gasteiger partial charge in [0.15, 0.2) is 0 Å². The van der Waals surface area contributed by atoms with Crippen LogP contribution < -0.4 is 0 Å². The summed E-state index contributed by atoms with van der Waals surface area (Å²) in [7, 11) is 1.79. The highest BCUT2D eigenvalue weighted by Crippen LogP contribution is 2.24. The number of amides is 1. The van der Waals surface area contributed by atoms with Gasteiger partial charge in [-0.3, -0.25) is 9.78 Å². The molecule has 0 bridgehead atoms. The SMILES string of the molecule is CC(N(C)C(=O)c1cc(Cl)ccn1)C(C)(C)C. The number of rotatable bonds is 2. The van der Waals surface area contributed by atoms with E-state index < -0.39 is 0 Å². The summed E-state index contributed by atoms with van der Waals surface area (Å²) in [5, 5.41) is 0.528. The highest BCUT2D eigenvalue weighted by molar-refractivity contribution is 6.30. The molecule has 3 nitrogen and oxygen atoms in total. The molecule has 4 heteroatoms. The molecule has 0 saturated heterocycles. The second kappa shape index (κ2) is 5.05. The fraction of sp³-hybridized carbons (Fsp3) is 0.538. The van der Waals surface area contributed by atoms with Gasteiger partial charge in [-0.2, -0.15) is 0 Å². The molecule has 1 heterocycles. The molecule has 0 aliphatic rings. The Morgan fingerprint density at radius 2 is 2.06 bits per heavy atom. The van der Waals surface area contributed by atoms with E-state index in [0.29, 0.717) is 10.7 Å².